The largest absolute Gasteiger partial charge is 0.308 e. The normalized spacial score (nSPS) is 11.8. The Morgan fingerprint density at radius 2 is 1.06 bits per heavy atom. The van der Waals surface area contributed by atoms with Gasteiger partial charge in [0.2, 0.25) is 0 Å². The molecule has 0 aliphatic rings. The number of halogens is 2. The minimum Gasteiger partial charge on any atom is -0.308 e. The van der Waals surface area contributed by atoms with E-state index in [1.165, 1.54) is 23.8 Å². The van der Waals surface area contributed by atoms with Crippen molar-refractivity contribution in [2.45, 2.75) is 26.2 Å². The minimum atomic E-state index is -0.643. The number of nitrogens with zero attached hydrogens (tertiary/aromatic N) is 4. The Balaban J connectivity index is 1.49. The quantitative estimate of drug-likeness (QED) is 0.188. The summed E-state index contributed by atoms with van der Waals surface area (Å²) < 4.78 is 32.8. The molecule has 0 bridgehead atoms. The van der Waals surface area contributed by atoms with Crippen molar-refractivity contribution in [3.05, 3.63) is 157 Å². The van der Waals surface area contributed by atoms with Crippen molar-refractivity contribution in [1.29, 1.82) is 0 Å². The maximum atomic E-state index is 15.3. The fourth-order valence-corrected chi connectivity index (χ4v) is 6.46. The summed E-state index contributed by atoms with van der Waals surface area (Å²) in [4.78, 5) is 15.0. The van der Waals surface area contributed by atoms with Gasteiger partial charge in [0.15, 0.2) is 17.5 Å². The Morgan fingerprint density at radius 1 is 0.490 bits per heavy atom. The summed E-state index contributed by atoms with van der Waals surface area (Å²) in [6, 6.07) is 43.8. The van der Waals surface area contributed by atoms with Crippen LogP contribution in [0.15, 0.2) is 140 Å². The second-order valence-electron chi connectivity index (χ2n) is 13.2. The van der Waals surface area contributed by atoms with E-state index in [9.17, 15) is 0 Å². The molecule has 0 N–H and O–H groups in total. The van der Waals surface area contributed by atoms with E-state index in [2.05, 4.69) is 55.7 Å². The summed E-state index contributed by atoms with van der Waals surface area (Å²) in [5, 5.41) is 2.20. The van der Waals surface area contributed by atoms with Gasteiger partial charge in [-0.3, -0.25) is 0 Å². The lowest BCUT2D eigenvalue weighted by Gasteiger charge is -2.20. The molecule has 238 valence electrons. The van der Waals surface area contributed by atoms with Crippen molar-refractivity contribution in [3.8, 4) is 51.0 Å². The topological polar surface area (TPSA) is 43.6 Å². The van der Waals surface area contributed by atoms with Crippen molar-refractivity contribution in [3.63, 3.8) is 0 Å². The maximum Gasteiger partial charge on any atom is 0.166 e. The summed E-state index contributed by atoms with van der Waals surface area (Å²) >= 11 is 0. The van der Waals surface area contributed by atoms with E-state index < -0.39 is 11.6 Å². The SMILES string of the molecule is CC(C)(C)c1ccc2c3ccccc3n(-c3ccc(-c4c(F)cccc4F)cc3-c3nc(-c4ccccc4)nc(-c4ccccc4)n3)c2c1. The zero-order valence-corrected chi connectivity index (χ0v) is 27.3. The second-order valence-corrected chi connectivity index (χ2v) is 13.2. The van der Waals surface area contributed by atoms with Crippen LogP contribution >= 0.6 is 0 Å². The summed E-state index contributed by atoms with van der Waals surface area (Å²) in [7, 11) is 0. The van der Waals surface area contributed by atoms with Crippen LogP contribution in [0.25, 0.3) is 72.8 Å². The number of benzene rings is 6. The molecule has 8 aromatic rings. The number of hydrogen-bond donors (Lipinski definition) is 0. The number of hydrogen-bond acceptors (Lipinski definition) is 3. The van der Waals surface area contributed by atoms with E-state index in [1.807, 2.05) is 78.9 Å². The van der Waals surface area contributed by atoms with Crippen molar-refractivity contribution >= 4 is 21.8 Å². The first-order valence-corrected chi connectivity index (χ1v) is 16.3. The number of fused-ring (bicyclic) bond motifs is 3. The van der Waals surface area contributed by atoms with Crippen LogP contribution in [0, 0.1) is 11.6 Å². The van der Waals surface area contributed by atoms with E-state index in [4.69, 9.17) is 15.0 Å². The molecule has 0 atom stereocenters. The fourth-order valence-electron chi connectivity index (χ4n) is 6.46. The molecule has 6 heteroatoms. The molecule has 0 saturated carbocycles. The second kappa shape index (κ2) is 11.9. The molecule has 0 aliphatic carbocycles. The fraction of sp³-hybridized carbons (Fsp3) is 0.0930. The molecule has 0 fully saturated rings. The monoisotopic (exact) mass is 642 g/mol. The first-order chi connectivity index (χ1) is 23.8. The third-order valence-corrected chi connectivity index (χ3v) is 8.97. The van der Waals surface area contributed by atoms with Gasteiger partial charge in [-0.1, -0.05) is 124 Å². The Hall–Kier alpha value is -6.01. The van der Waals surface area contributed by atoms with E-state index in [-0.39, 0.29) is 11.0 Å². The summed E-state index contributed by atoms with van der Waals surface area (Å²) in [5.74, 6) is 0.0939. The third kappa shape index (κ3) is 5.45. The lowest BCUT2D eigenvalue weighted by atomic mass is 9.86. The summed E-state index contributed by atoms with van der Waals surface area (Å²) in [6.45, 7) is 6.60. The van der Waals surface area contributed by atoms with Gasteiger partial charge in [0.1, 0.15) is 11.6 Å². The lowest BCUT2D eigenvalue weighted by Crippen LogP contribution is -2.11. The standard InChI is InChI=1S/C43H32F2N4/c1-43(2,3)30-22-23-32-31-17-10-11-20-36(31)49(38(32)26-30)37-24-21-29(39-34(44)18-12-19-35(39)45)25-33(37)42-47-40(27-13-6-4-7-14-27)46-41(48-42)28-15-8-5-9-16-28/h4-26H,1-3H3. The van der Waals surface area contributed by atoms with Gasteiger partial charge in [-0.05, 0) is 52.9 Å². The molecule has 2 aromatic heterocycles. The minimum absolute atomic E-state index is 0.0894. The van der Waals surface area contributed by atoms with Gasteiger partial charge in [0.05, 0.1) is 22.3 Å². The van der Waals surface area contributed by atoms with Gasteiger partial charge in [0.25, 0.3) is 0 Å². The van der Waals surface area contributed by atoms with Crippen molar-refractivity contribution in [2.75, 3.05) is 0 Å². The van der Waals surface area contributed by atoms with Crippen LogP contribution in [-0.4, -0.2) is 19.5 Å². The summed E-state index contributed by atoms with van der Waals surface area (Å²) in [5.41, 5.74) is 6.43. The van der Waals surface area contributed by atoms with Gasteiger partial charge in [-0.15, -0.1) is 0 Å². The van der Waals surface area contributed by atoms with E-state index in [0.717, 1.165) is 38.6 Å². The molecular weight excluding hydrogens is 610 g/mol. The Kier molecular flexibility index (Phi) is 7.37. The summed E-state index contributed by atoms with van der Waals surface area (Å²) in [6.07, 6.45) is 0. The Labute approximate surface area is 283 Å². The van der Waals surface area contributed by atoms with E-state index >= 15 is 8.78 Å². The molecule has 0 saturated heterocycles. The first-order valence-electron chi connectivity index (χ1n) is 16.3. The van der Waals surface area contributed by atoms with Crippen LogP contribution in [0.1, 0.15) is 26.3 Å². The molecule has 6 aromatic carbocycles. The van der Waals surface area contributed by atoms with Crippen molar-refractivity contribution in [2.24, 2.45) is 0 Å². The molecule has 0 spiro atoms. The van der Waals surface area contributed by atoms with Crippen LogP contribution in [0.5, 0.6) is 0 Å². The van der Waals surface area contributed by atoms with Crippen LogP contribution < -0.4 is 0 Å². The van der Waals surface area contributed by atoms with Gasteiger partial charge in [0, 0.05) is 27.5 Å². The van der Waals surface area contributed by atoms with Crippen LogP contribution in [0.4, 0.5) is 8.78 Å². The van der Waals surface area contributed by atoms with Gasteiger partial charge in [-0.2, -0.15) is 0 Å². The highest BCUT2D eigenvalue weighted by atomic mass is 19.1. The zero-order valence-electron chi connectivity index (χ0n) is 27.3. The van der Waals surface area contributed by atoms with Crippen LogP contribution in [0.2, 0.25) is 0 Å². The number of rotatable bonds is 5. The van der Waals surface area contributed by atoms with Gasteiger partial charge < -0.3 is 4.57 Å². The van der Waals surface area contributed by atoms with Crippen molar-refractivity contribution in [1.82, 2.24) is 19.5 Å². The number of para-hydroxylation sites is 1. The van der Waals surface area contributed by atoms with Crippen LogP contribution in [-0.2, 0) is 5.41 Å². The molecule has 0 radical (unpaired) electrons. The lowest BCUT2D eigenvalue weighted by molar-refractivity contribution is 0.589. The van der Waals surface area contributed by atoms with Crippen LogP contribution in [0.3, 0.4) is 0 Å². The third-order valence-electron chi connectivity index (χ3n) is 8.97. The zero-order chi connectivity index (χ0) is 33.7. The smallest absolute Gasteiger partial charge is 0.166 e. The highest BCUT2D eigenvalue weighted by molar-refractivity contribution is 6.10. The van der Waals surface area contributed by atoms with Gasteiger partial charge >= 0.3 is 0 Å². The average Bonchev–Trinajstić information content (AvgIpc) is 3.45. The Bertz CT molecular complexity index is 2420. The predicted molar refractivity (Wildman–Crippen MR) is 195 cm³/mol. The molecule has 8 rings (SSSR count). The van der Waals surface area contributed by atoms with E-state index in [1.54, 1.807) is 12.1 Å². The molecule has 4 nitrogen and oxygen atoms in total. The molecular formula is C43H32F2N4. The molecule has 49 heavy (non-hydrogen) atoms. The Morgan fingerprint density at radius 3 is 1.69 bits per heavy atom. The average molecular weight is 643 g/mol. The number of aromatic nitrogens is 4. The van der Waals surface area contributed by atoms with Crippen molar-refractivity contribution < 1.29 is 8.78 Å². The molecule has 0 unspecified atom stereocenters. The van der Waals surface area contributed by atoms with E-state index in [0.29, 0.717) is 28.6 Å². The predicted octanol–water partition coefficient (Wildman–Crippen LogP) is 11.2. The molecule has 0 aliphatic heterocycles. The molecule has 0 amide bonds. The first kappa shape index (κ1) is 30.3. The van der Waals surface area contributed by atoms with Gasteiger partial charge in [-0.25, -0.2) is 23.7 Å². The highest BCUT2D eigenvalue weighted by Crippen LogP contribution is 2.40. The highest BCUT2D eigenvalue weighted by Gasteiger charge is 2.23. The molecule has 2 heterocycles. The maximum absolute atomic E-state index is 15.3.